The second-order valence-electron chi connectivity index (χ2n) is 8.86. The molecular formula is C26H30N2O7S. The van der Waals surface area contributed by atoms with Crippen molar-refractivity contribution in [2.75, 3.05) is 18.6 Å². The number of sulfonamides is 1. The minimum Gasteiger partial charge on any atom is -0.497 e. The molecule has 1 atom stereocenters. The first-order chi connectivity index (χ1) is 17.3. The summed E-state index contributed by atoms with van der Waals surface area (Å²) in [5.74, 6) is -1.07. The van der Waals surface area contributed by atoms with Crippen LogP contribution >= 0.6 is 0 Å². The van der Waals surface area contributed by atoms with Gasteiger partial charge in [-0.05, 0) is 68.3 Å². The lowest BCUT2D eigenvalue weighted by Crippen LogP contribution is -2.51. The summed E-state index contributed by atoms with van der Waals surface area (Å²) < 4.78 is 39.1. The van der Waals surface area contributed by atoms with E-state index in [1.54, 1.807) is 19.1 Å². The number of anilines is 1. The Kier molecular flexibility index (Phi) is 7.75. The van der Waals surface area contributed by atoms with Crippen molar-refractivity contribution in [3.8, 4) is 5.75 Å². The van der Waals surface area contributed by atoms with Gasteiger partial charge in [0.15, 0.2) is 0 Å². The molecule has 2 aliphatic rings. The van der Waals surface area contributed by atoms with Crippen LogP contribution in [0.5, 0.6) is 5.75 Å². The molecule has 0 radical (unpaired) electrons. The van der Waals surface area contributed by atoms with Crippen LogP contribution in [-0.2, 0) is 24.3 Å². The van der Waals surface area contributed by atoms with E-state index >= 15 is 0 Å². The minimum absolute atomic E-state index is 0.0476. The molecule has 2 fully saturated rings. The Morgan fingerprint density at radius 1 is 1.00 bits per heavy atom. The zero-order valence-electron chi connectivity index (χ0n) is 20.4. The van der Waals surface area contributed by atoms with Crippen LogP contribution in [0.15, 0.2) is 53.4 Å². The van der Waals surface area contributed by atoms with Gasteiger partial charge in [-0.2, -0.15) is 4.31 Å². The van der Waals surface area contributed by atoms with E-state index in [2.05, 4.69) is 0 Å². The van der Waals surface area contributed by atoms with Gasteiger partial charge in [0.05, 0.1) is 36.3 Å². The van der Waals surface area contributed by atoms with Crippen LogP contribution in [0, 0.1) is 0 Å². The summed E-state index contributed by atoms with van der Waals surface area (Å²) in [5.41, 5.74) is 0.577. The van der Waals surface area contributed by atoms with E-state index in [4.69, 9.17) is 9.47 Å². The number of imide groups is 1. The number of ether oxygens (including phenoxy) is 2. The third kappa shape index (κ3) is 5.01. The number of amides is 2. The van der Waals surface area contributed by atoms with Crippen molar-refractivity contribution in [2.45, 2.75) is 62.4 Å². The Bertz CT molecular complexity index is 1220. The highest BCUT2D eigenvalue weighted by Crippen LogP contribution is 2.35. The van der Waals surface area contributed by atoms with Gasteiger partial charge in [-0.15, -0.1) is 0 Å². The summed E-state index contributed by atoms with van der Waals surface area (Å²) >= 11 is 0. The molecule has 0 N–H and O–H groups in total. The highest BCUT2D eigenvalue weighted by atomic mass is 32.2. The zero-order chi connectivity index (χ0) is 25.9. The molecule has 4 rings (SSSR count). The van der Waals surface area contributed by atoms with Crippen molar-refractivity contribution in [1.82, 2.24) is 4.31 Å². The van der Waals surface area contributed by atoms with Crippen molar-refractivity contribution in [3.63, 3.8) is 0 Å². The van der Waals surface area contributed by atoms with Crippen molar-refractivity contribution in [1.29, 1.82) is 0 Å². The first-order valence-electron chi connectivity index (χ1n) is 12.1. The first kappa shape index (κ1) is 25.8. The number of nitrogens with zero attached hydrogens (tertiary/aromatic N) is 2. The number of carbonyl (C=O) groups is 3. The summed E-state index contributed by atoms with van der Waals surface area (Å²) in [6.07, 6.45) is 3.72. The molecular weight excluding hydrogens is 484 g/mol. The Labute approximate surface area is 211 Å². The molecule has 0 spiro atoms. The number of methoxy groups -OCH3 is 1. The summed E-state index contributed by atoms with van der Waals surface area (Å²) in [4.78, 5) is 39.6. The molecule has 2 aromatic carbocycles. The standard InChI is InChI=1S/C26H30N2O7S/c1-3-35-26(31)18-9-11-19(12-10-18)27-24(29)17-23(25(27)30)28(20-7-5-4-6-8-20)36(32,33)22-15-13-21(34-2)14-16-22/h9-16,20,23H,3-8,17H2,1-2H3. The van der Waals surface area contributed by atoms with Crippen molar-refractivity contribution in [2.24, 2.45) is 0 Å². The van der Waals surface area contributed by atoms with Gasteiger partial charge in [-0.25, -0.2) is 18.1 Å². The number of benzene rings is 2. The molecule has 192 valence electrons. The van der Waals surface area contributed by atoms with Gasteiger partial charge in [-0.1, -0.05) is 19.3 Å². The van der Waals surface area contributed by atoms with Gasteiger partial charge < -0.3 is 9.47 Å². The molecule has 10 heteroatoms. The van der Waals surface area contributed by atoms with Crippen molar-refractivity contribution < 1.29 is 32.3 Å². The largest absolute Gasteiger partial charge is 0.497 e. The second kappa shape index (κ2) is 10.8. The van der Waals surface area contributed by atoms with Gasteiger partial charge in [-0.3, -0.25) is 9.59 Å². The summed E-state index contributed by atoms with van der Waals surface area (Å²) in [5, 5.41) is 0. The lowest BCUT2D eigenvalue weighted by Gasteiger charge is -2.36. The Morgan fingerprint density at radius 3 is 2.22 bits per heavy atom. The quantitative estimate of drug-likeness (QED) is 0.391. The summed E-state index contributed by atoms with van der Waals surface area (Å²) in [6.45, 7) is 1.93. The maximum absolute atomic E-state index is 13.8. The number of carbonyl (C=O) groups excluding carboxylic acids is 3. The molecule has 2 amide bonds. The number of rotatable bonds is 8. The van der Waals surface area contributed by atoms with Gasteiger partial charge in [0, 0.05) is 6.04 Å². The molecule has 1 unspecified atom stereocenters. The van der Waals surface area contributed by atoms with Crippen LogP contribution in [0.3, 0.4) is 0 Å². The van der Waals surface area contributed by atoms with E-state index in [1.807, 2.05) is 0 Å². The molecule has 36 heavy (non-hydrogen) atoms. The van der Waals surface area contributed by atoms with Crippen molar-refractivity contribution >= 4 is 33.5 Å². The third-order valence-electron chi connectivity index (χ3n) is 6.64. The highest BCUT2D eigenvalue weighted by molar-refractivity contribution is 7.89. The van der Waals surface area contributed by atoms with E-state index in [9.17, 15) is 22.8 Å². The first-order valence-corrected chi connectivity index (χ1v) is 13.5. The second-order valence-corrected chi connectivity index (χ2v) is 10.7. The third-order valence-corrected chi connectivity index (χ3v) is 8.61. The van der Waals surface area contributed by atoms with Crippen molar-refractivity contribution in [3.05, 3.63) is 54.1 Å². The predicted molar refractivity (Wildman–Crippen MR) is 132 cm³/mol. The monoisotopic (exact) mass is 514 g/mol. The molecule has 0 bridgehead atoms. The Balaban J connectivity index is 1.67. The van der Waals surface area contributed by atoms with Crippen LogP contribution in [0.1, 0.15) is 55.8 Å². The molecule has 1 aliphatic carbocycles. The lowest BCUT2D eigenvalue weighted by molar-refractivity contribution is -0.122. The maximum atomic E-state index is 13.8. The normalized spacial score (nSPS) is 19.1. The lowest BCUT2D eigenvalue weighted by atomic mass is 9.94. The summed E-state index contributed by atoms with van der Waals surface area (Å²) in [6, 6.07) is 10.5. The summed E-state index contributed by atoms with van der Waals surface area (Å²) in [7, 11) is -2.58. The molecule has 1 saturated heterocycles. The smallest absolute Gasteiger partial charge is 0.338 e. The zero-order valence-corrected chi connectivity index (χ0v) is 21.2. The number of esters is 1. The van der Waals surface area contributed by atoms with Gasteiger partial charge in [0.2, 0.25) is 15.9 Å². The van der Waals surface area contributed by atoms with E-state index < -0.39 is 33.8 Å². The van der Waals surface area contributed by atoms with E-state index in [1.165, 1.54) is 47.8 Å². The molecule has 0 aromatic heterocycles. The van der Waals surface area contributed by atoms with Crippen LogP contribution in [0.2, 0.25) is 0 Å². The van der Waals surface area contributed by atoms with E-state index in [0.29, 0.717) is 24.2 Å². The minimum atomic E-state index is -4.08. The fourth-order valence-corrected chi connectivity index (χ4v) is 6.70. The molecule has 1 heterocycles. The van der Waals surface area contributed by atoms with E-state index in [0.717, 1.165) is 24.2 Å². The van der Waals surface area contributed by atoms with E-state index in [-0.39, 0.29) is 29.7 Å². The van der Waals surface area contributed by atoms with Crippen LogP contribution in [-0.4, -0.2) is 56.3 Å². The van der Waals surface area contributed by atoms with Gasteiger partial charge in [0.25, 0.3) is 5.91 Å². The fraction of sp³-hybridized carbons (Fsp3) is 0.423. The number of hydrogen-bond donors (Lipinski definition) is 0. The average Bonchev–Trinajstić information content (AvgIpc) is 3.18. The van der Waals surface area contributed by atoms with Crippen LogP contribution in [0.25, 0.3) is 0 Å². The topological polar surface area (TPSA) is 110 Å². The molecule has 2 aromatic rings. The average molecular weight is 515 g/mol. The predicted octanol–water partition coefficient (Wildman–Crippen LogP) is 3.53. The molecule has 9 nitrogen and oxygen atoms in total. The molecule has 1 aliphatic heterocycles. The van der Waals surface area contributed by atoms with Gasteiger partial charge in [0.1, 0.15) is 11.8 Å². The Hall–Kier alpha value is -3.24. The Morgan fingerprint density at radius 2 is 1.64 bits per heavy atom. The van der Waals surface area contributed by atoms with Crippen LogP contribution in [0.4, 0.5) is 5.69 Å². The van der Waals surface area contributed by atoms with Gasteiger partial charge >= 0.3 is 5.97 Å². The molecule has 1 saturated carbocycles. The highest BCUT2D eigenvalue weighted by Gasteiger charge is 2.49. The van der Waals surface area contributed by atoms with Crippen LogP contribution < -0.4 is 9.64 Å². The number of hydrogen-bond acceptors (Lipinski definition) is 7. The maximum Gasteiger partial charge on any atom is 0.338 e. The SMILES string of the molecule is CCOC(=O)c1ccc(N2C(=O)CC(N(C3CCCCC3)S(=O)(=O)c3ccc(OC)cc3)C2=O)cc1. The fourth-order valence-electron chi connectivity index (χ4n) is 4.87.